The van der Waals surface area contributed by atoms with Crippen molar-refractivity contribution in [2.75, 3.05) is 5.75 Å². The molecule has 0 amide bonds. The zero-order chi connectivity index (χ0) is 19.4. The topological polar surface area (TPSA) is 88.6 Å². The number of unbranched alkanes of at least 4 members (excludes halogenated alkanes) is 3. The Morgan fingerprint density at radius 1 is 1.19 bits per heavy atom. The summed E-state index contributed by atoms with van der Waals surface area (Å²) in [5.74, 6) is 0.0256. The minimum absolute atomic E-state index is 0.0162. The molecule has 2 aromatic heterocycles. The normalized spacial score (nSPS) is 12.4. The lowest BCUT2D eigenvalue weighted by atomic mass is 9.97. The summed E-state index contributed by atoms with van der Waals surface area (Å²) in [6.45, 7) is 9.17. The molecule has 2 rings (SSSR count). The third kappa shape index (κ3) is 5.53. The van der Waals surface area contributed by atoms with E-state index in [-0.39, 0.29) is 22.7 Å². The summed E-state index contributed by atoms with van der Waals surface area (Å²) in [4.78, 5) is 8.50. The molecule has 0 N–H and O–H groups in total. The van der Waals surface area contributed by atoms with Crippen LogP contribution in [0.25, 0.3) is 11.0 Å². The lowest BCUT2D eigenvalue weighted by molar-refractivity contribution is 0.348. The van der Waals surface area contributed by atoms with Crippen molar-refractivity contribution in [1.29, 1.82) is 5.26 Å². The maximum atomic E-state index is 12.5. The molecule has 0 unspecified atom stereocenters. The fraction of sp³-hybridized carbons (Fsp3) is 0.632. The molecule has 0 saturated carbocycles. The van der Waals surface area contributed by atoms with Crippen molar-refractivity contribution in [3.05, 3.63) is 23.8 Å². The minimum atomic E-state index is -3.27. The van der Waals surface area contributed by atoms with Crippen LogP contribution in [-0.4, -0.2) is 28.7 Å². The summed E-state index contributed by atoms with van der Waals surface area (Å²) in [6, 6.07) is 3.81. The first-order chi connectivity index (χ1) is 12.1. The van der Waals surface area contributed by atoms with Crippen LogP contribution in [0.3, 0.4) is 0 Å². The minimum Gasteiger partial charge on any atom is -0.332 e. The highest BCUT2D eigenvalue weighted by Crippen LogP contribution is 2.24. The van der Waals surface area contributed by atoms with Gasteiger partial charge in [0.2, 0.25) is 5.82 Å². The first-order valence-corrected chi connectivity index (χ1v) is 10.9. The van der Waals surface area contributed by atoms with Gasteiger partial charge in [-0.2, -0.15) is 5.26 Å². The van der Waals surface area contributed by atoms with Crippen molar-refractivity contribution >= 4 is 20.9 Å². The molecular formula is C19H28N4O2S. The molecule has 0 aliphatic heterocycles. The van der Waals surface area contributed by atoms with E-state index in [0.717, 1.165) is 25.8 Å². The van der Waals surface area contributed by atoms with Gasteiger partial charge in [0, 0.05) is 18.1 Å². The summed E-state index contributed by atoms with van der Waals surface area (Å²) in [6.07, 6.45) is 5.59. The summed E-state index contributed by atoms with van der Waals surface area (Å²) < 4.78 is 27.0. The molecule has 2 heterocycles. The number of nitriles is 1. The molecule has 26 heavy (non-hydrogen) atoms. The SMILES string of the molecule is CCCCCCS(=O)(=O)Cc1nc(C#N)nc2c1ccn2CC(C)(C)C. The van der Waals surface area contributed by atoms with Crippen LogP contribution in [0, 0.1) is 16.7 Å². The molecule has 0 atom stereocenters. The van der Waals surface area contributed by atoms with E-state index in [4.69, 9.17) is 0 Å². The van der Waals surface area contributed by atoms with E-state index in [1.165, 1.54) is 0 Å². The monoisotopic (exact) mass is 376 g/mol. The van der Waals surface area contributed by atoms with Gasteiger partial charge < -0.3 is 4.57 Å². The van der Waals surface area contributed by atoms with Crippen molar-refractivity contribution < 1.29 is 8.42 Å². The molecule has 0 saturated heterocycles. The van der Waals surface area contributed by atoms with E-state index in [2.05, 4.69) is 37.7 Å². The maximum absolute atomic E-state index is 12.5. The largest absolute Gasteiger partial charge is 0.332 e. The van der Waals surface area contributed by atoms with Gasteiger partial charge in [-0.25, -0.2) is 18.4 Å². The van der Waals surface area contributed by atoms with Crippen molar-refractivity contribution in [2.45, 2.75) is 65.7 Å². The van der Waals surface area contributed by atoms with Crippen LogP contribution in [-0.2, 0) is 22.1 Å². The third-order valence-corrected chi connectivity index (χ3v) is 5.73. The second kappa shape index (κ2) is 8.17. The molecule has 6 nitrogen and oxygen atoms in total. The molecule has 0 fully saturated rings. The van der Waals surface area contributed by atoms with Crippen LogP contribution >= 0.6 is 0 Å². The third-order valence-electron chi connectivity index (χ3n) is 4.11. The van der Waals surface area contributed by atoms with Gasteiger partial charge in [0.25, 0.3) is 0 Å². The average molecular weight is 377 g/mol. The second-order valence-electron chi connectivity index (χ2n) is 8.00. The van der Waals surface area contributed by atoms with Crippen molar-refractivity contribution in [3.63, 3.8) is 0 Å². The van der Waals surface area contributed by atoms with E-state index >= 15 is 0 Å². The van der Waals surface area contributed by atoms with E-state index < -0.39 is 9.84 Å². The van der Waals surface area contributed by atoms with Crippen LogP contribution in [0.4, 0.5) is 0 Å². The highest BCUT2D eigenvalue weighted by atomic mass is 32.2. The van der Waals surface area contributed by atoms with Crippen LogP contribution in [0.1, 0.15) is 64.9 Å². The molecule has 0 aliphatic carbocycles. The lowest BCUT2D eigenvalue weighted by Gasteiger charge is -2.19. The second-order valence-corrected chi connectivity index (χ2v) is 10.2. The van der Waals surface area contributed by atoms with E-state index in [1.807, 2.05) is 22.9 Å². The predicted octanol–water partition coefficient (Wildman–Crippen LogP) is 3.84. The molecule has 0 aliphatic rings. The Morgan fingerprint density at radius 2 is 1.92 bits per heavy atom. The van der Waals surface area contributed by atoms with Crippen LogP contribution in [0.5, 0.6) is 0 Å². The number of aromatic nitrogens is 3. The molecular weight excluding hydrogens is 348 g/mol. The summed E-state index contributed by atoms with van der Waals surface area (Å²) in [5, 5.41) is 9.96. The quantitative estimate of drug-likeness (QED) is 0.653. The van der Waals surface area contributed by atoms with Crippen molar-refractivity contribution in [1.82, 2.24) is 14.5 Å². The Balaban J connectivity index is 2.34. The summed E-state index contributed by atoms with van der Waals surface area (Å²) >= 11 is 0. The Morgan fingerprint density at radius 3 is 2.54 bits per heavy atom. The van der Waals surface area contributed by atoms with E-state index in [1.54, 1.807) is 0 Å². The molecule has 2 aromatic rings. The first-order valence-electron chi connectivity index (χ1n) is 9.11. The Hall–Kier alpha value is -1.94. The number of hydrogen-bond acceptors (Lipinski definition) is 5. The van der Waals surface area contributed by atoms with Crippen LogP contribution < -0.4 is 0 Å². The number of rotatable bonds is 8. The fourth-order valence-corrected chi connectivity index (χ4v) is 4.38. The average Bonchev–Trinajstić information content (AvgIpc) is 2.92. The van der Waals surface area contributed by atoms with Gasteiger partial charge in [-0.1, -0.05) is 47.0 Å². The van der Waals surface area contributed by atoms with Gasteiger partial charge in [-0.15, -0.1) is 0 Å². The van der Waals surface area contributed by atoms with Gasteiger partial charge >= 0.3 is 0 Å². The summed E-state index contributed by atoms with van der Waals surface area (Å²) in [5.41, 5.74) is 1.09. The van der Waals surface area contributed by atoms with Crippen molar-refractivity contribution in [3.8, 4) is 6.07 Å². The molecule has 142 valence electrons. The Kier molecular flexibility index (Phi) is 6.40. The Labute approximate surface area is 156 Å². The lowest BCUT2D eigenvalue weighted by Crippen LogP contribution is -2.16. The van der Waals surface area contributed by atoms with Crippen LogP contribution in [0.2, 0.25) is 0 Å². The number of fused-ring (bicyclic) bond motifs is 1. The fourth-order valence-electron chi connectivity index (χ4n) is 2.96. The number of hydrogen-bond donors (Lipinski definition) is 0. The molecule has 0 spiro atoms. The molecule has 7 heteroatoms. The van der Waals surface area contributed by atoms with Gasteiger partial charge in [0.05, 0.1) is 17.2 Å². The zero-order valence-electron chi connectivity index (χ0n) is 16.1. The Bertz CT molecular complexity index is 902. The highest BCUT2D eigenvalue weighted by molar-refractivity contribution is 7.90. The van der Waals surface area contributed by atoms with Gasteiger partial charge in [-0.05, 0) is 17.9 Å². The standard InChI is InChI=1S/C19H28N4O2S/c1-5-6-7-8-11-26(24,25)13-16-15-9-10-23(14-19(2,3)4)18(15)22-17(12-20)21-16/h9-10H,5-8,11,13-14H2,1-4H3. The van der Waals surface area contributed by atoms with E-state index in [9.17, 15) is 13.7 Å². The highest BCUT2D eigenvalue weighted by Gasteiger charge is 2.20. The van der Waals surface area contributed by atoms with Gasteiger partial charge in [0.1, 0.15) is 11.7 Å². The van der Waals surface area contributed by atoms with Gasteiger partial charge in [-0.3, -0.25) is 0 Å². The first kappa shape index (κ1) is 20.4. The number of nitrogens with zero attached hydrogens (tertiary/aromatic N) is 4. The number of sulfone groups is 1. The zero-order valence-corrected chi connectivity index (χ0v) is 16.9. The van der Waals surface area contributed by atoms with Crippen LogP contribution in [0.15, 0.2) is 12.3 Å². The molecule has 0 radical (unpaired) electrons. The smallest absolute Gasteiger partial charge is 0.234 e. The van der Waals surface area contributed by atoms with E-state index in [0.29, 0.717) is 23.1 Å². The van der Waals surface area contributed by atoms with Gasteiger partial charge in [0.15, 0.2) is 9.84 Å². The van der Waals surface area contributed by atoms with Crippen molar-refractivity contribution in [2.24, 2.45) is 5.41 Å². The molecule has 0 aromatic carbocycles. The summed E-state index contributed by atoms with van der Waals surface area (Å²) in [7, 11) is -3.27. The molecule has 0 bridgehead atoms. The predicted molar refractivity (Wildman–Crippen MR) is 103 cm³/mol. The maximum Gasteiger partial charge on any atom is 0.234 e.